The number of halogens is 1. The number of nitrogen functional groups attached to an aromatic ring is 1. The maximum atomic E-state index is 12.9. The molecule has 0 unspecified atom stereocenters. The van der Waals surface area contributed by atoms with Crippen LogP contribution in [-0.4, -0.2) is 16.3 Å². The fourth-order valence-electron chi connectivity index (χ4n) is 1.98. The molecule has 110 valence electrons. The highest BCUT2D eigenvalue weighted by Gasteiger charge is 2.15. The van der Waals surface area contributed by atoms with Gasteiger partial charge in [0.05, 0.1) is 6.54 Å². The third-order valence-corrected chi connectivity index (χ3v) is 3.17. The zero-order valence-corrected chi connectivity index (χ0v) is 11.9. The first-order valence-electron chi connectivity index (χ1n) is 6.90. The Kier molecular flexibility index (Phi) is 4.77. The first kappa shape index (κ1) is 14.9. The summed E-state index contributed by atoms with van der Waals surface area (Å²) in [5.41, 5.74) is 7.19. The number of rotatable bonds is 6. The minimum Gasteiger partial charge on any atom is -0.383 e. The highest BCUT2D eigenvalue weighted by molar-refractivity contribution is 5.63. The van der Waals surface area contributed by atoms with E-state index in [0.717, 1.165) is 24.9 Å². The fraction of sp³-hybridized carbons (Fsp3) is 0.333. The van der Waals surface area contributed by atoms with Crippen LogP contribution in [0.4, 0.5) is 16.0 Å². The molecule has 1 aromatic heterocycles. The van der Waals surface area contributed by atoms with E-state index in [0.29, 0.717) is 23.7 Å². The number of nitrogens with two attached hydrogens (primary N) is 1. The summed E-state index contributed by atoms with van der Waals surface area (Å²) in [4.78, 5) is 0. The van der Waals surface area contributed by atoms with E-state index >= 15 is 0 Å². The van der Waals surface area contributed by atoms with E-state index in [1.807, 2.05) is 0 Å². The first-order chi connectivity index (χ1) is 10.2. The van der Waals surface area contributed by atoms with E-state index in [2.05, 4.69) is 23.4 Å². The molecule has 3 N–H and O–H groups in total. The summed E-state index contributed by atoms with van der Waals surface area (Å²) >= 11 is 0. The van der Waals surface area contributed by atoms with Gasteiger partial charge < -0.3 is 11.1 Å². The Labute approximate surface area is 123 Å². The number of nitrogens with one attached hydrogen (secondary N) is 1. The van der Waals surface area contributed by atoms with Gasteiger partial charge in [0.2, 0.25) is 0 Å². The Balaban J connectivity index is 2.20. The minimum atomic E-state index is -0.285. The number of hydrogen-bond acceptors (Lipinski definition) is 4. The van der Waals surface area contributed by atoms with Crippen LogP contribution >= 0.6 is 0 Å². The van der Waals surface area contributed by atoms with Gasteiger partial charge in [0.25, 0.3) is 0 Å². The van der Waals surface area contributed by atoms with Crippen LogP contribution in [0.15, 0.2) is 24.3 Å². The van der Waals surface area contributed by atoms with Crippen molar-refractivity contribution in [3.05, 3.63) is 41.2 Å². The molecule has 21 heavy (non-hydrogen) atoms. The standard InChI is InChI=1S/C15H18FN5/c1-2-3-8-19-15-13(9-17)14(18)21(20-15)10-11-4-6-12(16)7-5-11/h4-7H,2-3,8,10,18H2,1H3,(H,19,20). The zero-order chi connectivity index (χ0) is 15.2. The molecule has 0 atom stereocenters. The molecule has 5 nitrogen and oxygen atoms in total. The van der Waals surface area contributed by atoms with Crippen LogP contribution in [-0.2, 0) is 6.54 Å². The van der Waals surface area contributed by atoms with E-state index in [9.17, 15) is 9.65 Å². The monoisotopic (exact) mass is 287 g/mol. The Hall–Kier alpha value is -2.55. The highest BCUT2D eigenvalue weighted by atomic mass is 19.1. The second-order valence-corrected chi connectivity index (χ2v) is 4.79. The number of anilines is 2. The number of benzene rings is 1. The summed E-state index contributed by atoms with van der Waals surface area (Å²) < 4.78 is 14.5. The predicted molar refractivity (Wildman–Crippen MR) is 80.3 cm³/mol. The third-order valence-electron chi connectivity index (χ3n) is 3.17. The van der Waals surface area contributed by atoms with E-state index in [1.165, 1.54) is 12.1 Å². The van der Waals surface area contributed by atoms with Gasteiger partial charge in [-0.3, -0.25) is 0 Å². The first-order valence-corrected chi connectivity index (χ1v) is 6.90. The fourth-order valence-corrected chi connectivity index (χ4v) is 1.98. The third kappa shape index (κ3) is 3.51. The molecule has 1 heterocycles. The lowest BCUT2D eigenvalue weighted by Crippen LogP contribution is -2.07. The van der Waals surface area contributed by atoms with Crippen molar-refractivity contribution < 1.29 is 4.39 Å². The van der Waals surface area contributed by atoms with Gasteiger partial charge >= 0.3 is 0 Å². The Morgan fingerprint density at radius 2 is 2.10 bits per heavy atom. The maximum Gasteiger partial charge on any atom is 0.168 e. The molecule has 0 radical (unpaired) electrons. The lowest BCUT2D eigenvalue weighted by Gasteiger charge is -2.04. The SMILES string of the molecule is CCCCNc1nn(Cc2ccc(F)cc2)c(N)c1C#N. The van der Waals surface area contributed by atoms with Crippen LogP contribution in [0.25, 0.3) is 0 Å². The summed E-state index contributed by atoms with van der Waals surface area (Å²) in [6.07, 6.45) is 2.05. The summed E-state index contributed by atoms with van der Waals surface area (Å²) in [6, 6.07) is 8.20. The predicted octanol–water partition coefficient (Wildman–Crippen LogP) is 2.74. The van der Waals surface area contributed by atoms with Gasteiger partial charge in [0.15, 0.2) is 5.82 Å². The van der Waals surface area contributed by atoms with E-state index < -0.39 is 0 Å². The van der Waals surface area contributed by atoms with Gasteiger partial charge in [-0.25, -0.2) is 9.07 Å². The minimum absolute atomic E-state index is 0.285. The van der Waals surface area contributed by atoms with Crippen LogP contribution in [0.5, 0.6) is 0 Å². The lowest BCUT2D eigenvalue weighted by molar-refractivity contribution is 0.625. The Morgan fingerprint density at radius 1 is 1.38 bits per heavy atom. The summed E-state index contributed by atoms with van der Waals surface area (Å²) in [7, 11) is 0. The van der Waals surface area contributed by atoms with Crippen molar-refractivity contribution in [1.82, 2.24) is 9.78 Å². The van der Waals surface area contributed by atoms with E-state index in [1.54, 1.807) is 16.8 Å². The van der Waals surface area contributed by atoms with Crippen molar-refractivity contribution in [2.45, 2.75) is 26.3 Å². The summed E-state index contributed by atoms with van der Waals surface area (Å²) in [5.74, 6) is 0.540. The van der Waals surface area contributed by atoms with Crippen LogP contribution in [0.3, 0.4) is 0 Å². The van der Waals surface area contributed by atoms with Gasteiger partial charge in [-0.2, -0.15) is 10.4 Å². The smallest absolute Gasteiger partial charge is 0.168 e. The molecule has 0 bridgehead atoms. The normalized spacial score (nSPS) is 10.3. The topological polar surface area (TPSA) is 79.7 Å². The number of aromatic nitrogens is 2. The van der Waals surface area contributed by atoms with Crippen molar-refractivity contribution in [1.29, 1.82) is 5.26 Å². The second-order valence-electron chi connectivity index (χ2n) is 4.79. The molecule has 2 aromatic rings. The number of hydrogen-bond donors (Lipinski definition) is 2. The molecule has 0 saturated carbocycles. The van der Waals surface area contributed by atoms with Crippen molar-refractivity contribution >= 4 is 11.6 Å². The molecule has 6 heteroatoms. The quantitative estimate of drug-likeness (QED) is 0.801. The van der Waals surface area contributed by atoms with Gasteiger partial charge in [-0.1, -0.05) is 25.5 Å². The second kappa shape index (κ2) is 6.75. The van der Waals surface area contributed by atoms with Gasteiger partial charge in [0, 0.05) is 6.54 Å². The molecule has 0 spiro atoms. The summed E-state index contributed by atoms with van der Waals surface area (Å²) in [6.45, 7) is 3.24. The molecule has 0 amide bonds. The van der Waals surface area contributed by atoms with Crippen LogP contribution in [0.1, 0.15) is 30.9 Å². The van der Waals surface area contributed by atoms with Crippen molar-refractivity contribution in [2.24, 2.45) is 0 Å². The molecule has 0 fully saturated rings. The van der Waals surface area contributed by atoms with E-state index in [-0.39, 0.29) is 5.82 Å². The van der Waals surface area contributed by atoms with Crippen molar-refractivity contribution in [2.75, 3.05) is 17.6 Å². The molecule has 2 rings (SSSR count). The van der Waals surface area contributed by atoms with Gasteiger partial charge in [-0.05, 0) is 24.1 Å². The number of nitriles is 1. The van der Waals surface area contributed by atoms with E-state index in [4.69, 9.17) is 5.73 Å². The van der Waals surface area contributed by atoms with Crippen LogP contribution in [0, 0.1) is 17.1 Å². The van der Waals surface area contributed by atoms with Crippen molar-refractivity contribution in [3.63, 3.8) is 0 Å². The van der Waals surface area contributed by atoms with Gasteiger partial charge in [0.1, 0.15) is 23.3 Å². The molecule has 0 aliphatic rings. The summed E-state index contributed by atoms with van der Waals surface area (Å²) in [5, 5.41) is 16.7. The number of unbranched alkanes of at least 4 members (excludes halogenated alkanes) is 1. The number of nitrogens with zero attached hydrogens (tertiary/aromatic N) is 3. The lowest BCUT2D eigenvalue weighted by atomic mass is 10.2. The van der Waals surface area contributed by atoms with Gasteiger partial charge in [-0.15, -0.1) is 0 Å². The zero-order valence-electron chi connectivity index (χ0n) is 11.9. The van der Waals surface area contributed by atoms with Crippen molar-refractivity contribution in [3.8, 4) is 6.07 Å². The van der Waals surface area contributed by atoms with Crippen LogP contribution in [0.2, 0.25) is 0 Å². The Morgan fingerprint density at radius 3 is 2.71 bits per heavy atom. The molecule has 0 saturated heterocycles. The Bertz CT molecular complexity index is 639. The molecule has 1 aromatic carbocycles. The molecular weight excluding hydrogens is 269 g/mol. The molecule has 0 aliphatic heterocycles. The average Bonchev–Trinajstić information content (AvgIpc) is 2.77. The largest absolute Gasteiger partial charge is 0.383 e. The molecule has 0 aliphatic carbocycles. The molecular formula is C15H18FN5. The maximum absolute atomic E-state index is 12.9. The highest BCUT2D eigenvalue weighted by Crippen LogP contribution is 2.21. The average molecular weight is 287 g/mol. The van der Waals surface area contributed by atoms with Crippen LogP contribution < -0.4 is 11.1 Å².